The van der Waals surface area contributed by atoms with Crippen LogP contribution in [0, 0.1) is 5.21 Å². The lowest BCUT2D eigenvalue weighted by molar-refractivity contribution is -0.775. The zero-order valence-electron chi connectivity index (χ0n) is 7.98. The van der Waals surface area contributed by atoms with Crippen molar-refractivity contribution >= 4 is 23.4 Å². The molecule has 3 heterocycles. The molecule has 1 saturated heterocycles. The number of thioether (sulfide) groups is 1. The molecule has 0 bridgehead atoms. The maximum absolute atomic E-state index is 12.4. The fourth-order valence-electron chi connectivity index (χ4n) is 2.03. The van der Waals surface area contributed by atoms with Gasteiger partial charge in [-0.1, -0.05) is 11.6 Å². The number of halogens is 1. The molecule has 1 unspecified atom stereocenters. The molecule has 0 amide bonds. The lowest BCUT2D eigenvalue weighted by atomic mass is 10.2. The average Bonchev–Trinajstić information content (AvgIpc) is 2.66. The fourth-order valence-corrected chi connectivity index (χ4v) is 3.42. The summed E-state index contributed by atoms with van der Waals surface area (Å²) in [5.41, 5.74) is 1.74. The Balaban J connectivity index is 2.03. The first-order chi connectivity index (χ1) is 7.17. The summed E-state index contributed by atoms with van der Waals surface area (Å²) in [7, 11) is 0. The standard InChI is InChI=1S/C10H10ClNO2S/c11-8-3-9-6-14-10-7(1-2-15-10)4-12(9,13)5-8/h3-4,6,10H,1-2,5H2/t10-,12?/m1/s1. The molecule has 0 spiro atoms. The SMILES string of the molecule is [O-][N+]12C=C3CCS[C@H]3OC=C1C=C(Cl)C2. The Morgan fingerprint density at radius 2 is 2.47 bits per heavy atom. The molecule has 0 aromatic rings. The number of ether oxygens (including phenoxy) is 1. The molecule has 0 radical (unpaired) electrons. The molecule has 1 fully saturated rings. The third-order valence-corrected chi connectivity index (χ3v) is 4.16. The number of nitrogens with zero attached hydrogens (tertiary/aromatic N) is 1. The van der Waals surface area contributed by atoms with Gasteiger partial charge in [0.05, 0.1) is 5.03 Å². The molecule has 80 valence electrons. The molecule has 15 heavy (non-hydrogen) atoms. The van der Waals surface area contributed by atoms with Crippen LogP contribution in [0.4, 0.5) is 0 Å². The largest absolute Gasteiger partial charge is 0.622 e. The second-order valence-electron chi connectivity index (χ2n) is 3.88. The first kappa shape index (κ1) is 9.78. The van der Waals surface area contributed by atoms with Crippen LogP contribution in [0.2, 0.25) is 0 Å². The van der Waals surface area contributed by atoms with Gasteiger partial charge in [-0.05, 0) is 6.42 Å². The average molecular weight is 244 g/mol. The third-order valence-electron chi connectivity index (χ3n) is 2.78. The zero-order valence-corrected chi connectivity index (χ0v) is 9.55. The Labute approximate surface area is 97.2 Å². The summed E-state index contributed by atoms with van der Waals surface area (Å²) in [6, 6.07) is 0. The number of hydroxylamine groups is 3. The molecular formula is C10H10ClNO2S. The highest BCUT2D eigenvalue weighted by Crippen LogP contribution is 2.40. The van der Waals surface area contributed by atoms with Crippen LogP contribution in [0.1, 0.15) is 6.42 Å². The van der Waals surface area contributed by atoms with Gasteiger partial charge < -0.3 is 9.94 Å². The van der Waals surface area contributed by atoms with Crippen molar-refractivity contribution in [3.05, 3.63) is 40.0 Å². The van der Waals surface area contributed by atoms with Gasteiger partial charge in [0.2, 0.25) is 0 Å². The highest BCUT2D eigenvalue weighted by molar-refractivity contribution is 8.00. The van der Waals surface area contributed by atoms with Crippen molar-refractivity contribution in [1.29, 1.82) is 0 Å². The molecule has 5 heteroatoms. The normalized spacial score (nSPS) is 38.3. The molecule has 2 atom stereocenters. The van der Waals surface area contributed by atoms with E-state index in [0.717, 1.165) is 17.7 Å². The quantitative estimate of drug-likeness (QED) is 0.484. The van der Waals surface area contributed by atoms with E-state index >= 15 is 0 Å². The fraction of sp³-hybridized carbons (Fsp3) is 0.400. The van der Waals surface area contributed by atoms with Gasteiger partial charge in [0, 0.05) is 17.4 Å². The molecule has 0 saturated carbocycles. The highest BCUT2D eigenvalue weighted by atomic mass is 35.5. The van der Waals surface area contributed by atoms with Crippen molar-refractivity contribution in [3.63, 3.8) is 0 Å². The Hall–Kier alpha value is -0.420. The molecule has 0 aliphatic carbocycles. The predicted molar refractivity (Wildman–Crippen MR) is 60.5 cm³/mol. The summed E-state index contributed by atoms with van der Waals surface area (Å²) >= 11 is 7.63. The Morgan fingerprint density at radius 1 is 1.60 bits per heavy atom. The number of hydrogen-bond acceptors (Lipinski definition) is 3. The molecule has 3 aliphatic heterocycles. The van der Waals surface area contributed by atoms with Crippen molar-refractivity contribution in [2.24, 2.45) is 0 Å². The molecule has 3 aliphatic rings. The zero-order chi connectivity index (χ0) is 10.5. The summed E-state index contributed by atoms with van der Waals surface area (Å²) in [5.74, 6) is 1.03. The minimum Gasteiger partial charge on any atom is -0.622 e. The second-order valence-corrected chi connectivity index (χ2v) is 5.54. The molecular weight excluding hydrogens is 234 g/mol. The van der Waals surface area contributed by atoms with Gasteiger partial charge in [-0.3, -0.25) is 4.65 Å². The van der Waals surface area contributed by atoms with Gasteiger partial charge in [-0.25, -0.2) is 0 Å². The van der Waals surface area contributed by atoms with E-state index in [9.17, 15) is 5.21 Å². The van der Waals surface area contributed by atoms with Crippen LogP contribution in [0.3, 0.4) is 0 Å². The number of rotatable bonds is 0. The number of hydrogen-bond donors (Lipinski definition) is 0. The van der Waals surface area contributed by atoms with E-state index in [4.69, 9.17) is 16.3 Å². The van der Waals surface area contributed by atoms with Crippen LogP contribution in [0.5, 0.6) is 0 Å². The minimum atomic E-state index is -0.481. The van der Waals surface area contributed by atoms with Crippen LogP contribution in [-0.4, -0.2) is 22.4 Å². The van der Waals surface area contributed by atoms with Crippen LogP contribution < -0.4 is 0 Å². The van der Waals surface area contributed by atoms with E-state index in [-0.39, 0.29) is 5.44 Å². The Bertz CT molecular complexity index is 404. The van der Waals surface area contributed by atoms with Crippen LogP contribution in [0.15, 0.2) is 34.8 Å². The topological polar surface area (TPSA) is 32.3 Å². The van der Waals surface area contributed by atoms with Crippen molar-refractivity contribution in [1.82, 2.24) is 0 Å². The van der Waals surface area contributed by atoms with Gasteiger partial charge in [0.1, 0.15) is 19.0 Å². The molecule has 3 rings (SSSR count). The van der Waals surface area contributed by atoms with E-state index in [1.54, 1.807) is 30.3 Å². The van der Waals surface area contributed by atoms with Crippen molar-refractivity contribution < 1.29 is 9.38 Å². The van der Waals surface area contributed by atoms with Crippen molar-refractivity contribution in [2.75, 3.05) is 12.3 Å². The Kier molecular flexibility index (Phi) is 2.14. The third kappa shape index (κ3) is 1.52. The number of quaternary nitrogens is 1. The van der Waals surface area contributed by atoms with E-state index in [1.165, 1.54) is 0 Å². The van der Waals surface area contributed by atoms with Crippen molar-refractivity contribution in [2.45, 2.75) is 11.9 Å². The molecule has 0 aromatic carbocycles. The van der Waals surface area contributed by atoms with Crippen LogP contribution in [0.25, 0.3) is 0 Å². The van der Waals surface area contributed by atoms with Gasteiger partial charge in [-0.2, -0.15) is 0 Å². The highest BCUT2D eigenvalue weighted by Gasteiger charge is 2.35. The second kappa shape index (κ2) is 3.28. The first-order valence-corrected chi connectivity index (χ1v) is 6.24. The summed E-state index contributed by atoms with van der Waals surface area (Å²) < 4.78 is 5.09. The maximum Gasteiger partial charge on any atom is 0.174 e. The van der Waals surface area contributed by atoms with E-state index < -0.39 is 4.65 Å². The van der Waals surface area contributed by atoms with Crippen molar-refractivity contribution in [3.8, 4) is 0 Å². The summed E-state index contributed by atoms with van der Waals surface area (Å²) in [6.07, 6.45) is 5.97. The van der Waals surface area contributed by atoms with Gasteiger partial charge >= 0.3 is 0 Å². The van der Waals surface area contributed by atoms with Gasteiger partial charge in [-0.15, -0.1) is 11.8 Å². The van der Waals surface area contributed by atoms with Crippen LogP contribution in [-0.2, 0) is 4.74 Å². The van der Waals surface area contributed by atoms with E-state index in [1.807, 2.05) is 0 Å². The monoisotopic (exact) mass is 243 g/mol. The maximum atomic E-state index is 12.4. The van der Waals surface area contributed by atoms with Gasteiger partial charge in [0.25, 0.3) is 0 Å². The summed E-state index contributed by atoms with van der Waals surface area (Å²) in [5, 5.41) is 13.0. The van der Waals surface area contributed by atoms with E-state index in [2.05, 4.69) is 0 Å². The lowest BCUT2D eigenvalue weighted by Crippen LogP contribution is -2.32. The van der Waals surface area contributed by atoms with Gasteiger partial charge in [0.15, 0.2) is 11.1 Å². The molecule has 0 aromatic heterocycles. The Morgan fingerprint density at radius 3 is 3.33 bits per heavy atom. The predicted octanol–water partition coefficient (Wildman–Crippen LogP) is 2.66. The molecule has 3 nitrogen and oxygen atoms in total. The summed E-state index contributed by atoms with van der Waals surface area (Å²) in [6.45, 7) is 0.303. The van der Waals surface area contributed by atoms with Crippen LogP contribution >= 0.6 is 23.4 Å². The number of fused-ring (bicyclic) bond motifs is 2. The minimum absolute atomic E-state index is 0.0409. The lowest BCUT2D eigenvalue weighted by Gasteiger charge is -2.34. The number of allylic oxidation sites excluding steroid dienone is 1. The summed E-state index contributed by atoms with van der Waals surface area (Å²) in [4.78, 5) is 0. The molecule has 0 N–H and O–H groups in total. The van der Waals surface area contributed by atoms with E-state index in [0.29, 0.717) is 17.3 Å². The smallest absolute Gasteiger partial charge is 0.174 e. The first-order valence-electron chi connectivity index (χ1n) is 4.82.